The van der Waals surface area contributed by atoms with Crippen LogP contribution >= 0.6 is 23.5 Å². The topological polar surface area (TPSA) is 32.6 Å². The summed E-state index contributed by atoms with van der Waals surface area (Å²) in [7, 11) is 0. The third-order valence-corrected chi connectivity index (χ3v) is 4.81. The minimum Gasteiger partial charge on any atom is -0.410 e. The van der Waals surface area contributed by atoms with Gasteiger partial charge in [-0.05, 0) is 11.1 Å². The van der Waals surface area contributed by atoms with Crippen molar-refractivity contribution in [2.45, 2.75) is 11.5 Å². The lowest BCUT2D eigenvalue weighted by Crippen LogP contribution is -1.90. The van der Waals surface area contributed by atoms with Gasteiger partial charge in [0.1, 0.15) is 0 Å². The number of hydrogen-bond acceptors (Lipinski definition) is 4. The molecule has 0 fully saturated rings. The fourth-order valence-corrected chi connectivity index (χ4v) is 3.31. The van der Waals surface area contributed by atoms with Crippen LogP contribution in [0.2, 0.25) is 0 Å². The van der Waals surface area contributed by atoms with Gasteiger partial charge >= 0.3 is 0 Å². The summed E-state index contributed by atoms with van der Waals surface area (Å²) >= 11 is 3.11. The zero-order chi connectivity index (χ0) is 13.3. The first-order chi connectivity index (χ1) is 9.38. The predicted octanol–water partition coefficient (Wildman–Crippen LogP) is 4.60. The summed E-state index contributed by atoms with van der Waals surface area (Å²) < 4.78 is 0.702. The average Bonchev–Trinajstić information content (AvgIpc) is 2.49. The van der Waals surface area contributed by atoms with E-state index in [1.54, 1.807) is 23.5 Å². The first-order valence-electron chi connectivity index (χ1n) is 5.94. The third kappa shape index (κ3) is 5.01. The number of rotatable bonds is 4. The Morgan fingerprint density at radius 2 is 1.21 bits per heavy atom. The summed E-state index contributed by atoms with van der Waals surface area (Å²) in [5, 5.41) is 12.4. The summed E-state index contributed by atoms with van der Waals surface area (Å²) in [4.78, 5) is 0. The largest absolute Gasteiger partial charge is 0.410 e. The fraction of sp³-hybridized carbons (Fsp3) is 0.133. The standard InChI is InChI=1S/C15H15NOS2/c17-16-15(18-11-13-7-3-1-4-8-13)19-12-14-9-5-2-6-10-14/h1-10,17H,11-12H2. The van der Waals surface area contributed by atoms with E-state index in [1.807, 2.05) is 36.4 Å². The van der Waals surface area contributed by atoms with Crippen molar-refractivity contribution >= 4 is 27.9 Å². The summed E-state index contributed by atoms with van der Waals surface area (Å²) in [5.74, 6) is 1.64. The molecule has 0 radical (unpaired) electrons. The summed E-state index contributed by atoms with van der Waals surface area (Å²) in [5.41, 5.74) is 2.46. The highest BCUT2D eigenvalue weighted by molar-refractivity contribution is 8.38. The molecule has 2 aromatic carbocycles. The molecule has 0 saturated heterocycles. The number of hydrogen-bond donors (Lipinski definition) is 1. The van der Waals surface area contributed by atoms with Crippen LogP contribution in [-0.2, 0) is 11.5 Å². The summed E-state index contributed by atoms with van der Waals surface area (Å²) in [6, 6.07) is 20.4. The second kappa shape index (κ2) is 7.92. The molecule has 0 aromatic heterocycles. The second-order valence-electron chi connectivity index (χ2n) is 3.91. The third-order valence-electron chi connectivity index (χ3n) is 2.49. The van der Waals surface area contributed by atoms with Crippen LogP contribution in [0.4, 0.5) is 0 Å². The predicted molar refractivity (Wildman–Crippen MR) is 84.7 cm³/mol. The van der Waals surface area contributed by atoms with Crippen LogP contribution in [0.25, 0.3) is 0 Å². The summed E-state index contributed by atoms with van der Waals surface area (Å²) in [6.07, 6.45) is 0. The van der Waals surface area contributed by atoms with Gasteiger partial charge in [0.15, 0.2) is 4.38 Å². The molecule has 0 amide bonds. The molecule has 98 valence electrons. The van der Waals surface area contributed by atoms with Crippen LogP contribution in [0, 0.1) is 0 Å². The number of thioether (sulfide) groups is 2. The molecule has 4 heteroatoms. The molecule has 0 spiro atoms. The lowest BCUT2D eigenvalue weighted by atomic mass is 10.2. The van der Waals surface area contributed by atoms with Crippen LogP contribution in [0.3, 0.4) is 0 Å². The SMILES string of the molecule is ON=C(SCc1ccccc1)SCc1ccccc1. The maximum absolute atomic E-state index is 9.03. The highest BCUT2D eigenvalue weighted by Crippen LogP contribution is 2.24. The molecule has 0 unspecified atom stereocenters. The normalized spacial score (nSPS) is 10.1. The maximum Gasteiger partial charge on any atom is 0.169 e. The van der Waals surface area contributed by atoms with E-state index >= 15 is 0 Å². The van der Waals surface area contributed by atoms with Gasteiger partial charge in [0.2, 0.25) is 0 Å². The van der Waals surface area contributed by atoms with Crippen LogP contribution in [0.15, 0.2) is 65.8 Å². The molecule has 0 atom stereocenters. The molecule has 19 heavy (non-hydrogen) atoms. The van der Waals surface area contributed by atoms with Gasteiger partial charge in [-0.15, -0.1) is 0 Å². The van der Waals surface area contributed by atoms with Crippen molar-refractivity contribution in [3.63, 3.8) is 0 Å². The quantitative estimate of drug-likeness (QED) is 0.386. The highest BCUT2D eigenvalue weighted by atomic mass is 32.2. The molecule has 2 aromatic rings. The Balaban J connectivity index is 1.81. The molecule has 0 aliphatic rings. The molecular weight excluding hydrogens is 274 g/mol. The average molecular weight is 289 g/mol. The van der Waals surface area contributed by atoms with E-state index in [0.717, 1.165) is 11.5 Å². The van der Waals surface area contributed by atoms with Gasteiger partial charge in [-0.2, -0.15) is 0 Å². The van der Waals surface area contributed by atoms with E-state index in [4.69, 9.17) is 5.21 Å². The first-order valence-corrected chi connectivity index (χ1v) is 7.91. The van der Waals surface area contributed by atoms with E-state index in [2.05, 4.69) is 29.4 Å². The Morgan fingerprint density at radius 3 is 1.58 bits per heavy atom. The summed E-state index contributed by atoms with van der Waals surface area (Å²) in [6.45, 7) is 0. The van der Waals surface area contributed by atoms with E-state index in [0.29, 0.717) is 4.38 Å². The molecule has 0 aliphatic heterocycles. The lowest BCUT2D eigenvalue weighted by molar-refractivity contribution is 0.322. The molecular formula is C15H15NOS2. The van der Waals surface area contributed by atoms with Crippen LogP contribution in [-0.4, -0.2) is 9.58 Å². The van der Waals surface area contributed by atoms with Gasteiger partial charge in [-0.1, -0.05) is 89.3 Å². The molecule has 2 nitrogen and oxygen atoms in total. The van der Waals surface area contributed by atoms with Crippen LogP contribution in [0.5, 0.6) is 0 Å². The second-order valence-corrected chi connectivity index (χ2v) is 6.10. The monoisotopic (exact) mass is 289 g/mol. The van der Waals surface area contributed by atoms with Crippen molar-refractivity contribution in [2.24, 2.45) is 5.16 Å². The number of nitrogens with zero attached hydrogens (tertiary/aromatic N) is 1. The minimum absolute atomic E-state index is 0.702. The highest BCUT2D eigenvalue weighted by Gasteiger charge is 2.04. The smallest absolute Gasteiger partial charge is 0.169 e. The zero-order valence-corrected chi connectivity index (χ0v) is 12.0. The van der Waals surface area contributed by atoms with Crippen molar-refractivity contribution in [3.05, 3.63) is 71.8 Å². The molecule has 2 rings (SSSR count). The van der Waals surface area contributed by atoms with Gasteiger partial charge in [-0.3, -0.25) is 0 Å². The Labute approximate surface area is 121 Å². The van der Waals surface area contributed by atoms with Crippen molar-refractivity contribution in [3.8, 4) is 0 Å². The van der Waals surface area contributed by atoms with E-state index in [9.17, 15) is 0 Å². The Morgan fingerprint density at radius 1 is 0.789 bits per heavy atom. The van der Waals surface area contributed by atoms with Gasteiger partial charge in [0, 0.05) is 11.5 Å². The Hall–Kier alpha value is -1.39. The van der Waals surface area contributed by atoms with E-state index in [1.165, 1.54) is 11.1 Å². The van der Waals surface area contributed by atoms with Gasteiger partial charge in [0.25, 0.3) is 0 Å². The molecule has 0 heterocycles. The van der Waals surface area contributed by atoms with Crippen molar-refractivity contribution in [2.75, 3.05) is 0 Å². The molecule has 0 saturated carbocycles. The maximum atomic E-state index is 9.03. The number of oxime groups is 1. The first kappa shape index (κ1) is 14.0. The lowest BCUT2D eigenvalue weighted by Gasteiger charge is -2.04. The van der Waals surface area contributed by atoms with E-state index in [-0.39, 0.29) is 0 Å². The van der Waals surface area contributed by atoms with E-state index < -0.39 is 0 Å². The van der Waals surface area contributed by atoms with Gasteiger partial charge in [0.05, 0.1) is 0 Å². The molecule has 0 bridgehead atoms. The fourth-order valence-electron chi connectivity index (χ4n) is 1.54. The Kier molecular flexibility index (Phi) is 5.85. The van der Waals surface area contributed by atoms with Crippen molar-refractivity contribution < 1.29 is 5.21 Å². The Bertz CT molecular complexity index is 469. The van der Waals surface area contributed by atoms with Crippen molar-refractivity contribution in [1.29, 1.82) is 0 Å². The molecule has 0 aliphatic carbocycles. The van der Waals surface area contributed by atoms with Crippen LogP contribution in [0.1, 0.15) is 11.1 Å². The molecule has 1 N–H and O–H groups in total. The van der Waals surface area contributed by atoms with Crippen molar-refractivity contribution in [1.82, 2.24) is 0 Å². The zero-order valence-electron chi connectivity index (χ0n) is 10.4. The van der Waals surface area contributed by atoms with Gasteiger partial charge in [-0.25, -0.2) is 0 Å². The van der Waals surface area contributed by atoms with Gasteiger partial charge < -0.3 is 5.21 Å². The van der Waals surface area contributed by atoms with Crippen LogP contribution < -0.4 is 0 Å². The minimum atomic E-state index is 0.702. The number of benzene rings is 2.